The maximum atomic E-state index is 11.5. The first kappa shape index (κ1) is 15.5. The van der Waals surface area contributed by atoms with E-state index in [1.54, 1.807) is 19.1 Å². The quantitative estimate of drug-likeness (QED) is 0.814. The van der Waals surface area contributed by atoms with E-state index in [0.29, 0.717) is 11.3 Å². The molecule has 106 valence electrons. The Hall–Kier alpha value is -1.60. The molecule has 0 saturated carbocycles. The minimum atomic E-state index is -3.22. The molecule has 6 nitrogen and oxygen atoms in total. The molecule has 0 saturated heterocycles. The van der Waals surface area contributed by atoms with Crippen LogP contribution in [0.15, 0.2) is 18.2 Å². The molecule has 7 heteroatoms. The summed E-state index contributed by atoms with van der Waals surface area (Å²) < 4.78 is 24.3. The molecule has 0 atom stereocenters. The van der Waals surface area contributed by atoms with E-state index in [9.17, 15) is 13.2 Å². The number of hydrogen-bond donors (Lipinski definition) is 2. The fraction of sp³-hybridized carbons (Fsp3) is 0.417. The second-order valence-electron chi connectivity index (χ2n) is 4.36. The second kappa shape index (κ2) is 6.03. The number of anilines is 1. The van der Waals surface area contributed by atoms with Gasteiger partial charge in [-0.25, -0.2) is 17.5 Å². The highest BCUT2D eigenvalue weighted by Crippen LogP contribution is 2.15. The highest BCUT2D eigenvalue weighted by atomic mass is 32.2. The number of nitrogens with one attached hydrogen (secondary N) is 1. The lowest BCUT2D eigenvalue weighted by Gasteiger charge is -2.12. The van der Waals surface area contributed by atoms with Gasteiger partial charge < -0.3 is 10.4 Å². The average Bonchev–Trinajstić information content (AvgIpc) is 2.28. The van der Waals surface area contributed by atoms with Crippen molar-refractivity contribution < 1.29 is 18.3 Å². The molecule has 1 aromatic carbocycles. The summed E-state index contributed by atoms with van der Waals surface area (Å²) in [4.78, 5) is 10.8. The lowest BCUT2D eigenvalue weighted by Crippen LogP contribution is -2.28. The number of carboxylic acids is 1. The Morgan fingerprint density at radius 2 is 2.00 bits per heavy atom. The molecule has 0 aliphatic rings. The van der Waals surface area contributed by atoms with Crippen LogP contribution in [0.5, 0.6) is 0 Å². The first-order valence-electron chi connectivity index (χ1n) is 5.72. The van der Waals surface area contributed by atoms with Crippen molar-refractivity contribution in [2.45, 2.75) is 6.92 Å². The van der Waals surface area contributed by atoms with Gasteiger partial charge in [0.05, 0.1) is 11.3 Å². The van der Waals surface area contributed by atoms with E-state index in [1.165, 1.54) is 24.5 Å². The Kier molecular flexibility index (Phi) is 4.90. The van der Waals surface area contributed by atoms with E-state index in [2.05, 4.69) is 5.32 Å². The number of rotatable bonds is 6. The van der Waals surface area contributed by atoms with E-state index >= 15 is 0 Å². The van der Waals surface area contributed by atoms with Crippen molar-refractivity contribution in [2.24, 2.45) is 0 Å². The van der Waals surface area contributed by atoms with Crippen LogP contribution in [0.2, 0.25) is 0 Å². The van der Waals surface area contributed by atoms with Gasteiger partial charge in [-0.3, -0.25) is 0 Å². The van der Waals surface area contributed by atoms with Crippen molar-refractivity contribution in [3.63, 3.8) is 0 Å². The summed E-state index contributed by atoms with van der Waals surface area (Å²) >= 11 is 0. The van der Waals surface area contributed by atoms with Gasteiger partial charge in [-0.2, -0.15) is 0 Å². The highest BCUT2D eigenvalue weighted by molar-refractivity contribution is 7.89. The van der Waals surface area contributed by atoms with Crippen LogP contribution in [0.4, 0.5) is 5.69 Å². The van der Waals surface area contributed by atoms with Crippen molar-refractivity contribution >= 4 is 21.7 Å². The minimum Gasteiger partial charge on any atom is -0.478 e. The number of sulfonamides is 1. The van der Waals surface area contributed by atoms with Crippen molar-refractivity contribution in [3.05, 3.63) is 29.3 Å². The zero-order chi connectivity index (χ0) is 14.6. The molecule has 1 rings (SSSR count). The second-order valence-corrected chi connectivity index (χ2v) is 6.66. The van der Waals surface area contributed by atoms with Crippen LogP contribution < -0.4 is 5.32 Å². The average molecular weight is 286 g/mol. The molecule has 0 bridgehead atoms. The molecule has 1 aromatic rings. The number of aryl methyl sites for hydroxylation is 1. The van der Waals surface area contributed by atoms with E-state index in [0.717, 1.165) is 0 Å². The summed E-state index contributed by atoms with van der Waals surface area (Å²) in [7, 11) is -0.249. The fourth-order valence-corrected chi connectivity index (χ4v) is 2.25. The van der Waals surface area contributed by atoms with Gasteiger partial charge in [-0.15, -0.1) is 0 Å². The van der Waals surface area contributed by atoms with Gasteiger partial charge in [0.25, 0.3) is 0 Å². The lowest BCUT2D eigenvalue weighted by atomic mass is 10.1. The van der Waals surface area contributed by atoms with Crippen molar-refractivity contribution in [2.75, 3.05) is 31.7 Å². The zero-order valence-corrected chi connectivity index (χ0v) is 12.0. The molecular weight excluding hydrogens is 268 g/mol. The van der Waals surface area contributed by atoms with Crippen LogP contribution in [0.25, 0.3) is 0 Å². The molecular formula is C12H18N2O4S. The Morgan fingerprint density at radius 3 is 2.47 bits per heavy atom. The van der Waals surface area contributed by atoms with Crippen LogP contribution in [-0.2, 0) is 10.0 Å². The molecule has 2 N–H and O–H groups in total. The van der Waals surface area contributed by atoms with Crippen LogP contribution in [0.3, 0.4) is 0 Å². The Balaban J connectivity index is 2.65. The molecule has 0 fully saturated rings. The van der Waals surface area contributed by atoms with Gasteiger partial charge in [-0.05, 0) is 30.7 Å². The van der Waals surface area contributed by atoms with Crippen molar-refractivity contribution in [1.82, 2.24) is 4.31 Å². The van der Waals surface area contributed by atoms with Crippen LogP contribution in [-0.4, -0.2) is 50.2 Å². The Labute approximate surface area is 113 Å². The molecule has 0 aliphatic heterocycles. The predicted molar refractivity (Wildman–Crippen MR) is 74.1 cm³/mol. The number of aromatic carboxylic acids is 1. The lowest BCUT2D eigenvalue weighted by molar-refractivity contribution is 0.0696. The molecule has 0 radical (unpaired) electrons. The first-order chi connectivity index (χ1) is 8.74. The smallest absolute Gasteiger partial charge is 0.335 e. The van der Waals surface area contributed by atoms with Crippen LogP contribution in [0, 0.1) is 6.92 Å². The summed E-state index contributed by atoms with van der Waals surface area (Å²) in [5.41, 5.74) is 1.58. The fourth-order valence-electron chi connectivity index (χ4n) is 1.52. The maximum absolute atomic E-state index is 11.5. The topological polar surface area (TPSA) is 86.7 Å². The maximum Gasteiger partial charge on any atom is 0.335 e. The number of carboxylic acid groups (broad SMARTS) is 1. The summed E-state index contributed by atoms with van der Waals surface area (Å²) in [5.74, 6) is -0.987. The Morgan fingerprint density at radius 1 is 1.37 bits per heavy atom. The van der Waals surface area contributed by atoms with Crippen molar-refractivity contribution in [1.29, 1.82) is 0 Å². The third-order valence-corrected chi connectivity index (χ3v) is 4.54. The molecule has 0 heterocycles. The number of benzene rings is 1. The Bertz CT molecular complexity index is 567. The van der Waals surface area contributed by atoms with E-state index < -0.39 is 16.0 Å². The summed E-state index contributed by atoms with van der Waals surface area (Å²) in [5, 5.41) is 11.9. The molecule has 0 aromatic heterocycles. The predicted octanol–water partition coefficient (Wildman–Crippen LogP) is 0.997. The van der Waals surface area contributed by atoms with Gasteiger partial charge in [0.15, 0.2) is 0 Å². The molecule has 0 unspecified atom stereocenters. The number of hydrogen-bond acceptors (Lipinski definition) is 4. The SMILES string of the molecule is Cc1cc(NCCS(=O)(=O)N(C)C)ccc1C(=O)O. The summed E-state index contributed by atoms with van der Waals surface area (Å²) in [6.45, 7) is 1.97. The van der Waals surface area contributed by atoms with Gasteiger partial charge in [-0.1, -0.05) is 0 Å². The van der Waals surface area contributed by atoms with Crippen molar-refractivity contribution in [3.8, 4) is 0 Å². The third kappa shape index (κ3) is 4.22. The van der Waals surface area contributed by atoms with E-state index in [-0.39, 0.29) is 17.9 Å². The number of nitrogens with zero attached hydrogens (tertiary/aromatic N) is 1. The minimum absolute atomic E-state index is 0.0142. The normalized spacial score (nSPS) is 11.6. The van der Waals surface area contributed by atoms with Gasteiger partial charge in [0.1, 0.15) is 0 Å². The molecule has 0 amide bonds. The molecule has 0 spiro atoms. The van der Waals surface area contributed by atoms with Crippen LogP contribution in [0.1, 0.15) is 15.9 Å². The van der Waals surface area contributed by atoms with Gasteiger partial charge in [0.2, 0.25) is 10.0 Å². The molecule has 19 heavy (non-hydrogen) atoms. The molecule has 0 aliphatic carbocycles. The summed E-state index contributed by atoms with van der Waals surface area (Å²) in [6.07, 6.45) is 0. The number of carbonyl (C=O) groups is 1. The highest BCUT2D eigenvalue weighted by Gasteiger charge is 2.13. The largest absolute Gasteiger partial charge is 0.478 e. The van der Waals surface area contributed by atoms with Gasteiger partial charge >= 0.3 is 5.97 Å². The van der Waals surface area contributed by atoms with Crippen LogP contribution >= 0.6 is 0 Å². The first-order valence-corrected chi connectivity index (χ1v) is 7.33. The van der Waals surface area contributed by atoms with Gasteiger partial charge in [0, 0.05) is 26.3 Å². The standard InChI is InChI=1S/C12H18N2O4S/c1-9-8-10(4-5-11(9)12(15)16)13-6-7-19(17,18)14(2)3/h4-5,8,13H,6-7H2,1-3H3,(H,15,16). The van der Waals surface area contributed by atoms with E-state index in [1.807, 2.05) is 0 Å². The summed E-state index contributed by atoms with van der Waals surface area (Å²) in [6, 6.07) is 4.81. The monoisotopic (exact) mass is 286 g/mol. The zero-order valence-electron chi connectivity index (χ0n) is 11.2. The third-order valence-electron chi connectivity index (χ3n) is 2.70. The van der Waals surface area contributed by atoms with E-state index in [4.69, 9.17) is 5.11 Å².